The maximum atomic E-state index is 5.74. The van der Waals surface area contributed by atoms with Crippen LogP contribution in [-0.2, 0) is 0 Å². The lowest BCUT2D eigenvalue weighted by molar-refractivity contribution is 0.228. The molecule has 0 radical (unpaired) electrons. The first-order chi connectivity index (χ1) is 9.03. The van der Waals surface area contributed by atoms with Crippen LogP contribution in [0.25, 0.3) is 0 Å². The predicted octanol–water partition coefficient (Wildman–Crippen LogP) is 2.94. The summed E-state index contributed by atoms with van der Waals surface area (Å²) in [5.41, 5.74) is 6.73. The quantitative estimate of drug-likeness (QED) is 0.825. The molecule has 19 heavy (non-hydrogen) atoms. The fourth-order valence-electron chi connectivity index (χ4n) is 2.03. The van der Waals surface area contributed by atoms with Crippen LogP contribution in [0.3, 0.4) is 0 Å². The van der Waals surface area contributed by atoms with Crippen molar-refractivity contribution >= 4 is 0 Å². The number of hydrogen-bond acceptors (Lipinski definition) is 4. The molecule has 0 saturated carbocycles. The summed E-state index contributed by atoms with van der Waals surface area (Å²) in [4.78, 5) is 0. The minimum atomic E-state index is 0.0888. The number of ether oxygens (including phenoxy) is 3. The van der Waals surface area contributed by atoms with Gasteiger partial charge in [0.25, 0.3) is 0 Å². The second kappa shape index (κ2) is 7.24. The summed E-state index contributed by atoms with van der Waals surface area (Å²) < 4.78 is 16.6. The lowest BCUT2D eigenvalue weighted by Crippen LogP contribution is -2.09. The highest BCUT2D eigenvalue weighted by Gasteiger charge is 2.17. The van der Waals surface area contributed by atoms with E-state index in [1.807, 2.05) is 26.0 Å². The Morgan fingerprint density at radius 3 is 2.11 bits per heavy atom. The van der Waals surface area contributed by atoms with E-state index in [0.29, 0.717) is 18.2 Å². The molecule has 1 aromatic rings. The van der Waals surface area contributed by atoms with Crippen LogP contribution in [0.1, 0.15) is 38.7 Å². The van der Waals surface area contributed by atoms with E-state index in [0.717, 1.165) is 23.5 Å². The fraction of sp³-hybridized carbons (Fsp3) is 0.600. The average Bonchev–Trinajstić information content (AvgIpc) is 2.37. The molecular weight excluding hydrogens is 242 g/mol. The normalized spacial score (nSPS) is 12.4. The number of nitrogens with two attached hydrogens (primary N) is 1. The molecule has 0 spiro atoms. The minimum absolute atomic E-state index is 0.0888. The van der Waals surface area contributed by atoms with Crippen LogP contribution < -0.4 is 19.9 Å². The van der Waals surface area contributed by atoms with Crippen molar-refractivity contribution in [1.82, 2.24) is 0 Å². The molecule has 0 aliphatic carbocycles. The molecule has 1 atom stereocenters. The molecule has 1 aromatic carbocycles. The van der Waals surface area contributed by atoms with Crippen molar-refractivity contribution < 1.29 is 14.2 Å². The van der Waals surface area contributed by atoms with Crippen molar-refractivity contribution in [3.05, 3.63) is 17.7 Å². The second-order valence-electron chi connectivity index (χ2n) is 4.89. The van der Waals surface area contributed by atoms with Gasteiger partial charge in [0, 0.05) is 11.6 Å². The van der Waals surface area contributed by atoms with E-state index >= 15 is 0 Å². The molecular formula is C15H25NO3. The van der Waals surface area contributed by atoms with Gasteiger partial charge in [-0.2, -0.15) is 0 Å². The van der Waals surface area contributed by atoms with Gasteiger partial charge in [0.15, 0.2) is 11.5 Å². The van der Waals surface area contributed by atoms with Gasteiger partial charge in [-0.15, -0.1) is 0 Å². The Morgan fingerprint density at radius 1 is 1.00 bits per heavy atom. The molecule has 0 bridgehead atoms. The van der Waals surface area contributed by atoms with E-state index in [1.54, 1.807) is 14.2 Å². The first-order valence-electron chi connectivity index (χ1n) is 6.66. The molecule has 0 amide bonds. The Labute approximate surface area is 115 Å². The van der Waals surface area contributed by atoms with Gasteiger partial charge < -0.3 is 19.9 Å². The van der Waals surface area contributed by atoms with E-state index in [9.17, 15) is 0 Å². The van der Waals surface area contributed by atoms with Crippen molar-refractivity contribution in [2.75, 3.05) is 20.8 Å². The molecule has 0 heterocycles. The zero-order valence-electron chi connectivity index (χ0n) is 12.5. The van der Waals surface area contributed by atoms with Crippen molar-refractivity contribution in [2.45, 2.75) is 39.2 Å². The Balaban J connectivity index is 3.18. The molecule has 2 N–H and O–H groups in total. The van der Waals surface area contributed by atoms with Crippen LogP contribution in [0, 0.1) is 0 Å². The molecule has 0 aromatic heterocycles. The number of hydrogen-bond donors (Lipinski definition) is 1. The Kier molecular flexibility index (Phi) is 5.96. The van der Waals surface area contributed by atoms with Gasteiger partial charge in [0.05, 0.1) is 20.3 Å². The number of rotatable bonds is 7. The van der Waals surface area contributed by atoms with Crippen LogP contribution >= 0.6 is 0 Å². The van der Waals surface area contributed by atoms with Gasteiger partial charge in [0.2, 0.25) is 0 Å². The van der Waals surface area contributed by atoms with Crippen LogP contribution in [-0.4, -0.2) is 26.9 Å². The second-order valence-corrected chi connectivity index (χ2v) is 4.89. The number of benzene rings is 1. The molecule has 0 fully saturated rings. The summed E-state index contributed by atoms with van der Waals surface area (Å²) >= 11 is 0. The molecule has 4 heteroatoms. The third kappa shape index (κ3) is 4.03. The third-order valence-corrected chi connectivity index (χ3v) is 3.01. The Morgan fingerprint density at radius 2 is 1.63 bits per heavy atom. The van der Waals surface area contributed by atoms with Crippen LogP contribution in [0.2, 0.25) is 0 Å². The first kappa shape index (κ1) is 15.6. The van der Waals surface area contributed by atoms with Crippen LogP contribution in [0.15, 0.2) is 12.1 Å². The monoisotopic (exact) mass is 267 g/mol. The van der Waals surface area contributed by atoms with Crippen molar-refractivity contribution in [1.29, 1.82) is 0 Å². The summed E-state index contributed by atoms with van der Waals surface area (Å²) in [6.07, 6.45) is 0.995. The van der Waals surface area contributed by atoms with Gasteiger partial charge >= 0.3 is 0 Å². The van der Waals surface area contributed by atoms with Gasteiger partial charge in [-0.3, -0.25) is 0 Å². The third-order valence-electron chi connectivity index (χ3n) is 3.01. The molecule has 1 unspecified atom stereocenters. The molecule has 1 rings (SSSR count). The highest BCUT2D eigenvalue weighted by atomic mass is 16.5. The molecule has 0 saturated heterocycles. The minimum Gasteiger partial charge on any atom is -0.496 e. The summed E-state index contributed by atoms with van der Waals surface area (Å²) in [5, 5.41) is 0. The molecule has 0 aliphatic heterocycles. The van der Waals surface area contributed by atoms with Crippen LogP contribution in [0.5, 0.6) is 17.2 Å². The highest BCUT2D eigenvalue weighted by molar-refractivity contribution is 5.52. The SMILES string of the molecule is COc1cc(C(C)CCN)c(OC)cc1OC(C)C. The van der Waals surface area contributed by atoms with E-state index in [4.69, 9.17) is 19.9 Å². The zero-order valence-corrected chi connectivity index (χ0v) is 12.5. The molecule has 4 nitrogen and oxygen atoms in total. The van der Waals surface area contributed by atoms with E-state index in [-0.39, 0.29) is 6.10 Å². The topological polar surface area (TPSA) is 53.7 Å². The summed E-state index contributed by atoms with van der Waals surface area (Å²) in [7, 11) is 3.31. The van der Waals surface area contributed by atoms with E-state index < -0.39 is 0 Å². The largest absolute Gasteiger partial charge is 0.496 e. The van der Waals surface area contributed by atoms with Crippen molar-refractivity contribution in [3.8, 4) is 17.2 Å². The molecule has 0 aliphatic rings. The average molecular weight is 267 g/mol. The fourth-order valence-corrected chi connectivity index (χ4v) is 2.03. The van der Waals surface area contributed by atoms with Crippen molar-refractivity contribution in [3.63, 3.8) is 0 Å². The smallest absolute Gasteiger partial charge is 0.165 e. The van der Waals surface area contributed by atoms with Crippen molar-refractivity contribution in [2.24, 2.45) is 5.73 Å². The van der Waals surface area contributed by atoms with E-state index in [1.165, 1.54) is 0 Å². The predicted molar refractivity (Wildman–Crippen MR) is 77.4 cm³/mol. The summed E-state index contributed by atoms with van der Waals surface area (Å²) in [6.45, 7) is 6.75. The van der Waals surface area contributed by atoms with Gasteiger partial charge in [-0.25, -0.2) is 0 Å². The van der Waals surface area contributed by atoms with Crippen LogP contribution in [0.4, 0.5) is 0 Å². The first-order valence-corrected chi connectivity index (χ1v) is 6.66. The zero-order chi connectivity index (χ0) is 14.4. The van der Waals surface area contributed by atoms with Gasteiger partial charge in [-0.1, -0.05) is 6.92 Å². The Hall–Kier alpha value is -1.42. The number of methoxy groups -OCH3 is 2. The maximum Gasteiger partial charge on any atom is 0.165 e. The highest BCUT2D eigenvalue weighted by Crippen LogP contribution is 2.39. The lowest BCUT2D eigenvalue weighted by atomic mass is 9.96. The van der Waals surface area contributed by atoms with E-state index in [2.05, 4.69) is 6.92 Å². The Bertz CT molecular complexity index is 405. The standard InChI is InChI=1S/C15H25NO3/c1-10(2)19-15-9-13(17-4)12(8-14(15)18-5)11(3)6-7-16/h8-11H,6-7,16H2,1-5H3. The summed E-state index contributed by atoms with van der Waals surface area (Å²) in [5.74, 6) is 2.57. The maximum absolute atomic E-state index is 5.74. The van der Waals surface area contributed by atoms with Gasteiger partial charge in [0.1, 0.15) is 5.75 Å². The van der Waals surface area contributed by atoms with Gasteiger partial charge in [-0.05, 0) is 38.8 Å². The molecule has 108 valence electrons. The lowest BCUT2D eigenvalue weighted by Gasteiger charge is -2.20. The summed E-state index contributed by atoms with van der Waals surface area (Å²) in [6, 6.07) is 3.87.